The Kier molecular flexibility index (Phi) is 2.21. The number of aromatic nitrogens is 2. The summed E-state index contributed by atoms with van der Waals surface area (Å²) >= 11 is 4.97. The Morgan fingerprint density at radius 1 is 1.57 bits per heavy atom. The minimum absolute atomic E-state index is 0.0578. The first-order chi connectivity index (χ1) is 6.70. The molecule has 72 valence electrons. The Morgan fingerprint density at radius 3 is 3.07 bits per heavy atom. The zero-order chi connectivity index (χ0) is 10.1. The van der Waals surface area contributed by atoms with Crippen LogP contribution in [0.5, 0.6) is 0 Å². The maximum absolute atomic E-state index is 5.61. The molecule has 0 fully saturated rings. The van der Waals surface area contributed by atoms with E-state index in [0.717, 1.165) is 11.3 Å². The van der Waals surface area contributed by atoms with E-state index in [4.69, 9.17) is 18.0 Å². The van der Waals surface area contributed by atoms with Crippen LogP contribution in [0.2, 0.25) is 0 Å². The summed E-state index contributed by atoms with van der Waals surface area (Å²) in [6.07, 6.45) is 3.78. The molecular weight excluding hydrogens is 194 g/mol. The van der Waals surface area contributed by atoms with E-state index >= 15 is 0 Å². The van der Waals surface area contributed by atoms with E-state index in [0.29, 0.717) is 4.99 Å². The summed E-state index contributed by atoms with van der Waals surface area (Å²) in [7, 11) is 0. The average Bonchev–Trinajstić information content (AvgIpc) is 2.60. The summed E-state index contributed by atoms with van der Waals surface area (Å²) in [4.78, 5) is 4.77. The molecule has 1 atom stereocenters. The highest BCUT2D eigenvalue weighted by atomic mass is 32.1. The van der Waals surface area contributed by atoms with Crippen LogP contribution in [0.3, 0.4) is 0 Å². The van der Waals surface area contributed by atoms with Gasteiger partial charge in [0.2, 0.25) is 0 Å². The van der Waals surface area contributed by atoms with Crippen molar-refractivity contribution in [3.8, 4) is 0 Å². The molecule has 2 aromatic rings. The number of hydrogen-bond donors (Lipinski definition) is 1. The van der Waals surface area contributed by atoms with Crippen LogP contribution in [-0.2, 0) is 0 Å². The van der Waals surface area contributed by atoms with Gasteiger partial charge in [-0.1, -0.05) is 25.2 Å². The van der Waals surface area contributed by atoms with Crippen LogP contribution >= 0.6 is 12.2 Å². The van der Waals surface area contributed by atoms with E-state index < -0.39 is 0 Å². The van der Waals surface area contributed by atoms with Crippen LogP contribution in [0.25, 0.3) is 5.65 Å². The van der Waals surface area contributed by atoms with Gasteiger partial charge < -0.3 is 10.1 Å². The van der Waals surface area contributed by atoms with E-state index in [2.05, 4.69) is 4.98 Å². The molecule has 0 radical (unpaired) electrons. The van der Waals surface area contributed by atoms with E-state index in [1.54, 1.807) is 0 Å². The van der Waals surface area contributed by atoms with Crippen molar-refractivity contribution in [2.45, 2.75) is 12.8 Å². The number of nitrogens with zero attached hydrogens (tertiary/aromatic N) is 2. The van der Waals surface area contributed by atoms with Crippen molar-refractivity contribution in [3.63, 3.8) is 0 Å². The van der Waals surface area contributed by atoms with Crippen molar-refractivity contribution in [2.24, 2.45) is 5.73 Å². The second kappa shape index (κ2) is 3.38. The predicted octanol–water partition coefficient (Wildman–Crippen LogP) is 1.72. The van der Waals surface area contributed by atoms with Gasteiger partial charge in [0.1, 0.15) is 5.65 Å². The van der Waals surface area contributed by atoms with Gasteiger partial charge in [-0.3, -0.25) is 0 Å². The quantitative estimate of drug-likeness (QED) is 0.759. The summed E-state index contributed by atoms with van der Waals surface area (Å²) in [6, 6.07) is 5.87. The van der Waals surface area contributed by atoms with Gasteiger partial charge in [-0.15, -0.1) is 0 Å². The van der Waals surface area contributed by atoms with E-state index in [1.165, 1.54) is 0 Å². The maximum Gasteiger partial charge on any atom is 0.136 e. The van der Waals surface area contributed by atoms with Gasteiger partial charge in [0.05, 0.1) is 10.7 Å². The van der Waals surface area contributed by atoms with E-state index in [1.807, 2.05) is 41.9 Å². The van der Waals surface area contributed by atoms with Crippen molar-refractivity contribution in [1.29, 1.82) is 0 Å². The summed E-state index contributed by atoms with van der Waals surface area (Å²) in [5.74, 6) is 0.0578. The lowest BCUT2D eigenvalue weighted by atomic mass is 10.1. The van der Waals surface area contributed by atoms with Crippen LogP contribution in [0.4, 0.5) is 0 Å². The number of hydrogen-bond acceptors (Lipinski definition) is 2. The molecule has 0 aromatic carbocycles. The molecule has 14 heavy (non-hydrogen) atoms. The fourth-order valence-corrected chi connectivity index (χ4v) is 1.54. The molecule has 0 aliphatic heterocycles. The van der Waals surface area contributed by atoms with Crippen molar-refractivity contribution in [2.75, 3.05) is 0 Å². The minimum atomic E-state index is 0.0578. The summed E-state index contributed by atoms with van der Waals surface area (Å²) in [5, 5.41) is 0. The average molecular weight is 205 g/mol. The largest absolute Gasteiger partial charge is 0.393 e. The van der Waals surface area contributed by atoms with Gasteiger partial charge in [-0.05, 0) is 12.1 Å². The first kappa shape index (κ1) is 9.15. The van der Waals surface area contributed by atoms with Crippen LogP contribution < -0.4 is 5.73 Å². The van der Waals surface area contributed by atoms with E-state index in [-0.39, 0.29) is 5.92 Å². The van der Waals surface area contributed by atoms with Gasteiger partial charge in [-0.2, -0.15) is 0 Å². The molecule has 0 aliphatic rings. The number of thiocarbonyl (C=S) groups is 1. The topological polar surface area (TPSA) is 43.3 Å². The fraction of sp³-hybridized carbons (Fsp3) is 0.200. The molecule has 4 heteroatoms. The Bertz CT molecular complexity index is 475. The van der Waals surface area contributed by atoms with Crippen LogP contribution in [0.15, 0.2) is 30.6 Å². The minimum Gasteiger partial charge on any atom is -0.393 e. The van der Waals surface area contributed by atoms with E-state index in [9.17, 15) is 0 Å². The molecular formula is C10H11N3S. The number of nitrogens with two attached hydrogens (primary N) is 1. The lowest BCUT2D eigenvalue weighted by Gasteiger charge is -2.08. The van der Waals surface area contributed by atoms with Gasteiger partial charge >= 0.3 is 0 Å². The van der Waals surface area contributed by atoms with Crippen molar-refractivity contribution in [1.82, 2.24) is 9.38 Å². The lowest BCUT2D eigenvalue weighted by molar-refractivity contribution is 0.928. The van der Waals surface area contributed by atoms with Crippen LogP contribution in [-0.4, -0.2) is 14.4 Å². The molecule has 0 saturated heterocycles. The first-order valence-corrected chi connectivity index (χ1v) is 4.82. The number of rotatable bonds is 2. The lowest BCUT2D eigenvalue weighted by Crippen LogP contribution is -2.17. The molecule has 2 rings (SSSR count). The Labute approximate surface area is 87.6 Å². The molecule has 2 heterocycles. The van der Waals surface area contributed by atoms with Crippen molar-refractivity contribution < 1.29 is 0 Å². The Balaban J connectivity index is 2.58. The first-order valence-electron chi connectivity index (χ1n) is 4.41. The molecule has 2 aromatic heterocycles. The van der Waals surface area contributed by atoms with Crippen molar-refractivity contribution >= 4 is 22.9 Å². The number of pyridine rings is 1. The molecule has 0 spiro atoms. The monoisotopic (exact) mass is 205 g/mol. The third kappa shape index (κ3) is 1.37. The molecule has 0 bridgehead atoms. The van der Waals surface area contributed by atoms with Gasteiger partial charge in [0, 0.05) is 18.3 Å². The van der Waals surface area contributed by atoms with Crippen molar-refractivity contribution in [3.05, 3.63) is 36.3 Å². The zero-order valence-corrected chi connectivity index (χ0v) is 8.66. The Morgan fingerprint density at radius 2 is 2.36 bits per heavy atom. The number of fused-ring (bicyclic) bond motifs is 1. The normalized spacial score (nSPS) is 12.9. The van der Waals surface area contributed by atoms with Crippen LogP contribution in [0, 0.1) is 0 Å². The highest BCUT2D eigenvalue weighted by Crippen LogP contribution is 2.16. The maximum atomic E-state index is 5.61. The molecule has 0 amide bonds. The predicted molar refractivity (Wildman–Crippen MR) is 60.4 cm³/mol. The summed E-state index contributed by atoms with van der Waals surface area (Å²) in [6.45, 7) is 1.98. The van der Waals surface area contributed by atoms with Gasteiger partial charge in [0.25, 0.3) is 0 Å². The molecule has 3 nitrogen and oxygen atoms in total. The third-order valence-electron chi connectivity index (χ3n) is 2.32. The summed E-state index contributed by atoms with van der Waals surface area (Å²) < 4.78 is 2.00. The standard InChI is InChI=1S/C10H11N3S/c1-7(10(11)14)8-6-12-9-4-2-3-5-13(8)9/h2-7H,1H3,(H2,11,14). The SMILES string of the molecule is CC(C(N)=S)c1cnc2ccccn12. The van der Waals surface area contributed by atoms with Gasteiger partial charge in [0.15, 0.2) is 0 Å². The molecule has 0 aliphatic carbocycles. The van der Waals surface area contributed by atoms with Gasteiger partial charge in [-0.25, -0.2) is 4.98 Å². The second-order valence-electron chi connectivity index (χ2n) is 3.24. The molecule has 2 N–H and O–H groups in total. The third-order valence-corrected chi connectivity index (χ3v) is 2.67. The molecule has 1 unspecified atom stereocenters. The smallest absolute Gasteiger partial charge is 0.136 e. The fourth-order valence-electron chi connectivity index (χ4n) is 1.42. The number of imidazole rings is 1. The molecule has 0 saturated carbocycles. The highest BCUT2D eigenvalue weighted by molar-refractivity contribution is 7.80. The summed E-state index contributed by atoms with van der Waals surface area (Å²) in [5.41, 5.74) is 7.57. The Hall–Kier alpha value is -1.42. The van der Waals surface area contributed by atoms with Crippen LogP contribution in [0.1, 0.15) is 18.5 Å². The zero-order valence-electron chi connectivity index (χ0n) is 7.84. The second-order valence-corrected chi connectivity index (χ2v) is 3.71. The highest BCUT2D eigenvalue weighted by Gasteiger charge is 2.12.